The van der Waals surface area contributed by atoms with Crippen molar-refractivity contribution in [3.8, 4) is 0 Å². The van der Waals surface area contributed by atoms with E-state index in [0.717, 1.165) is 22.3 Å². The van der Waals surface area contributed by atoms with Gasteiger partial charge in [-0.3, -0.25) is 4.79 Å². The van der Waals surface area contributed by atoms with Crippen molar-refractivity contribution in [2.75, 3.05) is 6.54 Å². The SMILES string of the molecule is Cc1ccc(S(=O)(=O)N2C[C@H]3[C@H](C4=C(O[C@H]3c3ccccc3)c3ccccc3C4=O)[C@H]2Cc2ccccc2)cc1. The molecule has 0 amide bonds. The van der Waals surface area contributed by atoms with Crippen molar-refractivity contribution in [2.45, 2.75) is 30.4 Å². The fourth-order valence-corrected chi connectivity index (χ4v) is 8.37. The van der Waals surface area contributed by atoms with Crippen molar-refractivity contribution in [1.29, 1.82) is 0 Å². The third-order valence-electron chi connectivity index (χ3n) is 8.55. The summed E-state index contributed by atoms with van der Waals surface area (Å²) in [6.45, 7) is 2.20. The first-order valence-corrected chi connectivity index (χ1v) is 15.1. The fraction of sp³-hybridized carbons (Fsp3) is 0.206. The highest BCUT2D eigenvalue weighted by atomic mass is 32.2. The second-order valence-corrected chi connectivity index (χ2v) is 12.8. The van der Waals surface area contributed by atoms with E-state index in [9.17, 15) is 13.2 Å². The number of hydrogen-bond acceptors (Lipinski definition) is 4. The molecule has 1 saturated heterocycles. The van der Waals surface area contributed by atoms with Crippen LogP contribution < -0.4 is 0 Å². The van der Waals surface area contributed by atoms with Gasteiger partial charge in [-0.05, 0) is 36.6 Å². The van der Waals surface area contributed by atoms with Crippen molar-refractivity contribution in [1.82, 2.24) is 4.31 Å². The van der Waals surface area contributed by atoms with E-state index in [-0.39, 0.29) is 35.2 Å². The molecule has 7 rings (SSSR count). The zero-order valence-electron chi connectivity index (χ0n) is 22.1. The highest BCUT2D eigenvalue weighted by molar-refractivity contribution is 7.89. The van der Waals surface area contributed by atoms with Gasteiger partial charge in [0.2, 0.25) is 10.0 Å². The number of benzene rings is 4. The van der Waals surface area contributed by atoms with Crippen LogP contribution in [-0.2, 0) is 21.2 Å². The Morgan fingerprint density at radius 1 is 0.800 bits per heavy atom. The number of aryl methyl sites for hydroxylation is 1. The molecule has 4 aromatic carbocycles. The minimum Gasteiger partial charge on any atom is -0.484 e. The lowest BCUT2D eigenvalue weighted by atomic mass is 9.75. The molecule has 1 aliphatic carbocycles. The van der Waals surface area contributed by atoms with Crippen LogP contribution in [0.3, 0.4) is 0 Å². The molecule has 4 aromatic rings. The van der Waals surface area contributed by atoms with E-state index in [1.54, 1.807) is 16.4 Å². The molecule has 2 aliphatic heterocycles. The average Bonchev–Trinajstić information content (AvgIpc) is 3.50. The summed E-state index contributed by atoms with van der Waals surface area (Å²) in [4.78, 5) is 14.2. The minimum absolute atomic E-state index is 0.0558. The summed E-state index contributed by atoms with van der Waals surface area (Å²) >= 11 is 0. The molecule has 0 unspecified atom stereocenters. The summed E-state index contributed by atoms with van der Waals surface area (Å²) in [5.74, 6) is -0.00857. The number of Topliss-reactive ketones (excluding diaryl/α,β-unsaturated/α-hetero) is 1. The quantitative estimate of drug-likeness (QED) is 0.298. The van der Waals surface area contributed by atoms with E-state index in [1.807, 2.05) is 104 Å². The predicted octanol–water partition coefficient (Wildman–Crippen LogP) is 6.22. The lowest BCUT2D eigenvalue weighted by Gasteiger charge is -2.37. The lowest BCUT2D eigenvalue weighted by Crippen LogP contribution is -2.40. The van der Waals surface area contributed by atoms with Crippen LogP contribution in [0.1, 0.15) is 38.7 Å². The normalized spacial score (nSPS) is 23.9. The van der Waals surface area contributed by atoms with Crippen LogP contribution in [-0.4, -0.2) is 31.1 Å². The molecule has 5 nitrogen and oxygen atoms in total. The maximum absolute atomic E-state index is 14.3. The fourth-order valence-electron chi connectivity index (χ4n) is 6.69. The van der Waals surface area contributed by atoms with Gasteiger partial charge in [0, 0.05) is 41.1 Å². The van der Waals surface area contributed by atoms with Crippen LogP contribution in [0.5, 0.6) is 0 Å². The standard InChI is InChI=1S/C34H29NO4S/c1-22-16-18-25(19-17-22)40(37,38)35-21-28-30(29(35)20-23-10-4-2-5-11-23)31-32(36)26-14-8-9-15-27(26)34(31)39-33(28)24-12-6-3-7-13-24/h2-19,28-30,33H,20-21H2,1H3/t28-,29+,30-,33-/m0/s1. The first kappa shape index (κ1) is 25.0. The summed E-state index contributed by atoms with van der Waals surface area (Å²) in [7, 11) is -3.86. The Bertz CT molecular complexity index is 1730. The topological polar surface area (TPSA) is 63.7 Å². The molecule has 0 N–H and O–H groups in total. The van der Waals surface area contributed by atoms with Gasteiger partial charge in [-0.15, -0.1) is 0 Å². The summed E-state index contributed by atoms with van der Waals surface area (Å²) < 4.78 is 37.0. The lowest BCUT2D eigenvalue weighted by molar-refractivity contribution is 0.0701. The molecule has 4 atom stereocenters. The molecule has 0 saturated carbocycles. The third-order valence-corrected chi connectivity index (χ3v) is 10.5. The average molecular weight is 548 g/mol. The van der Waals surface area contributed by atoms with Gasteiger partial charge < -0.3 is 4.74 Å². The first-order chi connectivity index (χ1) is 19.4. The van der Waals surface area contributed by atoms with Gasteiger partial charge in [-0.25, -0.2) is 8.42 Å². The smallest absolute Gasteiger partial charge is 0.243 e. The summed E-state index contributed by atoms with van der Waals surface area (Å²) in [5, 5.41) is 0. The zero-order valence-corrected chi connectivity index (χ0v) is 22.9. The van der Waals surface area contributed by atoms with Gasteiger partial charge in [0.1, 0.15) is 11.9 Å². The largest absolute Gasteiger partial charge is 0.484 e. The molecule has 3 aliphatic rings. The Balaban J connectivity index is 1.42. The minimum atomic E-state index is -3.86. The number of carbonyl (C=O) groups is 1. The molecule has 0 radical (unpaired) electrons. The van der Waals surface area contributed by atoms with E-state index < -0.39 is 16.1 Å². The maximum Gasteiger partial charge on any atom is 0.243 e. The summed E-state index contributed by atoms with van der Waals surface area (Å²) in [6, 6.07) is 34.0. The molecule has 0 aromatic heterocycles. The number of carbonyl (C=O) groups excluding carboxylic acids is 1. The van der Waals surface area contributed by atoms with Crippen LogP contribution in [0.4, 0.5) is 0 Å². The number of hydrogen-bond donors (Lipinski definition) is 0. The van der Waals surface area contributed by atoms with E-state index in [1.165, 1.54) is 0 Å². The molecule has 6 heteroatoms. The first-order valence-electron chi connectivity index (χ1n) is 13.7. The third kappa shape index (κ3) is 3.94. The summed E-state index contributed by atoms with van der Waals surface area (Å²) in [6.07, 6.45) is 0.107. The van der Waals surface area contributed by atoms with Crippen molar-refractivity contribution < 1.29 is 17.9 Å². The summed E-state index contributed by atoms with van der Waals surface area (Å²) in [5.41, 5.74) is 5.04. The highest BCUT2D eigenvalue weighted by Crippen LogP contribution is 2.55. The van der Waals surface area contributed by atoms with Crippen LogP contribution in [0.2, 0.25) is 0 Å². The molecule has 40 heavy (non-hydrogen) atoms. The predicted molar refractivity (Wildman–Crippen MR) is 154 cm³/mol. The molecule has 1 fully saturated rings. The van der Waals surface area contributed by atoms with Gasteiger partial charge in [0.15, 0.2) is 5.78 Å². The number of ketones is 1. The Morgan fingerprint density at radius 3 is 2.12 bits per heavy atom. The zero-order chi connectivity index (χ0) is 27.4. The molecular formula is C34H29NO4S. The van der Waals surface area contributed by atoms with E-state index in [4.69, 9.17) is 4.74 Å². The Kier molecular flexibility index (Phi) is 5.99. The van der Waals surface area contributed by atoms with Crippen LogP contribution in [0.25, 0.3) is 5.76 Å². The second-order valence-electron chi connectivity index (χ2n) is 10.9. The molecule has 2 heterocycles. The van der Waals surface area contributed by atoms with E-state index >= 15 is 0 Å². The van der Waals surface area contributed by atoms with Gasteiger partial charge >= 0.3 is 0 Å². The van der Waals surface area contributed by atoms with Crippen LogP contribution in [0, 0.1) is 18.8 Å². The Hall–Kier alpha value is -4.00. The van der Waals surface area contributed by atoms with E-state index in [0.29, 0.717) is 23.3 Å². The number of sulfonamides is 1. The molecule has 200 valence electrons. The second kappa shape index (κ2) is 9.58. The number of rotatable bonds is 5. The van der Waals surface area contributed by atoms with Crippen molar-refractivity contribution >= 4 is 21.6 Å². The van der Waals surface area contributed by atoms with Crippen LogP contribution >= 0.6 is 0 Å². The van der Waals surface area contributed by atoms with Gasteiger partial charge in [0.25, 0.3) is 0 Å². The Morgan fingerprint density at radius 2 is 1.43 bits per heavy atom. The van der Waals surface area contributed by atoms with Gasteiger partial charge in [-0.1, -0.05) is 103 Å². The van der Waals surface area contributed by atoms with Crippen molar-refractivity contribution in [3.05, 3.63) is 143 Å². The monoisotopic (exact) mass is 547 g/mol. The molecule has 0 spiro atoms. The van der Waals surface area contributed by atoms with E-state index in [2.05, 4.69) is 0 Å². The number of fused-ring (bicyclic) bond motifs is 4. The highest BCUT2D eigenvalue weighted by Gasteiger charge is 2.57. The number of ether oxygens (including phenoxy) is 1. The molecule has 0 bridgehead atoms. The van der Waals surface area contributed by atoms with Crippen molar-refractivity contribution in [2.24, 2.45) is 11.8 Å². The van der Waals surface area contributed by atoms with Crippen molar-refractivity contribution in [3.63, 3.8) is 0 Å². The van der Waals surface area contributed by atoms with Gasteiger partial charge in [0.05, 0.1) is 4.90 Å². The molecular weight excluding hydrogens is 518 g/mol. The van der Waals surface area contributed by atoms with Gasteiger partial charge in [-0.2, -0.15) is 4.31 Å². The van der Waals surface area contributed by atoms with Crippen LogP contribution in [0.15, 0.2) is 120 Å². The Labute approximate surface area is 234 Å². The number of nitrogens with zero attached hydrogens (tertiary/aromatic N) is 1. The maximum atomic E-state index is 14.3.